The molecule has 0 aliphatic heterocycles. The Balaban J connectivity index is 2.11. The molecule has 0 radical (unpaired) electrons. The molecule has 1 unspecified atom stereocenters. The molecule has 2 nitrogen and oxygen atoms in total. The van der Waals surface area contributed by atoms with E-state index < -0.39 is 0 Å². The zero-order valence-electron chi connectivity index (χ0n) is 8.19. The third-order valence-electron chi connectivity index (χ3n) is 2.31. The number of nitrogens with two attached hydrogens (primary N) is 1. The Morgan fingerprint density at radius 3 is 2.87 bits per heavy atom. The Morgan fingerprint density at radius 2 is 2.20 bits per heavy atom. The van der Waals surface area contributed by atoms with Crippen LogP contribution in [0.25, 0.3) is 0 Å². The van der Waals surface area contributed by atoms with Gasteiger partial charge in [-0.15, -0.1) is 0 Å². The van der Waals surface area contributed by atoms with Crippen molar-refractivity contribution >= 4 is 15.9 Å². The topological polar surface area (TPSA) is 39.2 Å². The monoisotopic (exact) mass is 265 g/mol. The van der Waals surface area contributed by atoms with Crippen LogP contribution in [0.2, 0.25) is 0 Å². The molecule has 2 aromatic rings. The highest BCUT2D eigenvalue weighted by Gasteiger charge is 2.07. The van der Waals surface area contributed by atoms with Gasteiger partial charge < -0.3 is 10.2 Å². The van der Waals surface area contributed by atoms with Crippen LogP contribution in [0.3, 0.4) is 0 Å². The Hall–Kier alpha value is -1.06. The second kappa shape index (κ2) is 4.64. The maximum Gasteiger partial charge on any atom is 0.0935 e. The molecule has 0 amide bonds. The molecule has 15 heavy (non-hydrogen) atoms. The highest BCUT2D eigenvalue weighted by molar-refractivity contribution is 9.10. The van der Waals surface area contributed by atoms with Gasteiger partial charge in [-0.3, -0.25) is 0 Å². The lowest BCUT2D eigenvalue weighted by Gasteiger charge is -2.10. The fraction of sp³-hybridized carbons (Fsp3) is 0.167. The van der Waals surface area contributed by atoms with Crippen molar-refractivity contribution in [3.05, 3.63) is 58.5 Å². The SMILES string of the molecule is NC(Cc1ccoc1)c1cccc(Br)c1. The molecule has 0 spiro atoms. The van der Waals surface area contributed by atoms with E-state index >= 15 is 0 Å². The van der Waals surface area contributed by atoms with Gasteiger partial charge in [-0.2, -0.15) is 0 Å². The highest BCUT2D eigenvalue weighted by atomic mass is 79.9. The largest absolute Gasteiger partial charge is 0.472 e. The van der Waals surface area contributed by atoms with Crippen LogP contribution < -0.4 is 5.73 Å². The summed E-state index contributed by atoms with van der Waals surface area (Å²) in [5.74, 6) is 0. The third kappa shape index (κ3) is 2.70. The van der Waals surface area contributed by atoms with Crippen LogP contribution in [-0.2, 0) is 6.42 Å². The first-order chi connectivity index (χ1) is 7.25. The van der Waals surface area contributed by atoms with Gasteiger partial charge in [0.25, 0.3) is 0 Å². The summed E-state index contributed by atoms with van der Waals surface area (Å²) in [6.07, 6.45) is 4.20. The van der Waals surface area contributed by atoms with Gasteiger partial charge in [0.1, 0.15) is 0 Å². The van der Waals surface area contributed by atoms with Gasteiger partial charge in [-0.25, -0.2) is 0 Å². The number of hydrogen-bond donors (Lipinski definition) is 1. The van der Waals surface area contributed by atoms with Crippen LogP contribution in [0, 0.1) is 0 Å². The molecule has 78 valence electrons. The quantitative estimate of drug-likeness (QED) is 0.925. The van der Waals surface area contributed by atoms with Crippen LogP contribution in [0.1, 0.15) is 17.2 Å². The summed E-state index contributed by atoms with van der Waals surface area (Å²) in [4.78, 5) is 0. The summed E-state index contributed by atoms with van der Waals surface area (Å²) in [5.41, 5.74) is 8.35. The Kier molecular flexibility index (Phi) is 3.23. The molecule has 0 saturated carbocycles. The van der Waals surface area contributed by atoms with E-state index in [0.29, 0.717) is 0 Å². The van der Waals surface area contributed by atoms with E-state index in [4.69, 9.17) is 10.2 Å². The third-order valence-corrected chi connectivity index (χ3v) is 2.81. The predicted octanol–water partition coefficient (Wildman–Crippen LogP) is 3.28. The van der Waals surface area contributed by atoms with Crippen LogP contribution in [0.5, 0.6) is 0 Å². The minimum absolute atomic E-state index is 0.0140. The Labute approximate surface area is 97.2 Å². The van der Waals surface area contributed by atoms with Gasteiger partial charge in [-0.05, 0) is 35.7 Å². The first-order valence-corrected chi connectivity index (χ1v) is 5.57. The second-order valence-electron chi connectivity index (χ2n) is 3.50. The lowest BCUT2D eigenvalue weighted by atomic mass is 10.0. The molecule has 1 aromatic carbocycles. The molecule has 0 aliphatic rings. The van der Waals surface area contributed by atoms with Gasteiger partial charge in [0.2, 0.25) is 0 Å². The minimum Gasteiger partial charge on any atom is -0.472 e. The standard InChI is InChI=1S/C12H12BrNO/c13-11-3-1-2-10(7-11)12(14)6-9-4-5-15-8-9/h1-5,7-8,12H,6,14H2. The van der Waals surface area contributed by atoms with Crippen molar-refractivity contribution in [1.82, 2.24) is 0 Å². The lowest BCUT2D eigenvalue weighted by Crippen LogP contribution is -2.12. The van der Waals surface area contributed by atoms with Gasteiger partial charge in [0.15, 0.2) is 0 Å². The van der Waals surface area contributed by atoms with E-state index in [0.717, 1.165) is 22.0 Å². The molecule has 0 aliphatic carbocycles. The van der Waals surface area contributed by atoms with Crippen LogP contribution in [0.4, 0.5) is 0 Å². The number of halogens is 1. The van der Waals surface area contributed by atoms with Gasteiger partial charge in [0, 0.05) is 10.5 Å². The zero-order valence-corrected chi connectivity index (χ0v) is 9.78. The van der Waals surface area contributed by atoms with Crippen LogP contribution >= 0.6 is 15.9 Å². The number of rotatable bonds is 3. The molecular weight excluding hydrogens is 254 g/mol. The summed E-state index contributed by atoms with van der Waals surface area (Å²) >= 11 is 3.43. The second-order valence-corrected chi connectivity index (χ2v) is 4.41. The van der Waals surface area contributed by atoms with Gasteiger partial charge >= 0.3 is 0 Å². The van der Waals surface area contributed by atoms with E-state index in [2.05, 4.69) is 15.9 Å². The Morgan fingerprint density at radius 1 is 1.33 bits per heavy atom. The lowest BCUT2D eigenvalue weighted by molar-refractivity contribution is 0.561. The van der Waals surface area contributed by atoms with Crippen molar-refractivity contribution in [3.8, 4) is 0 Å². The van der Waals surface area contributed by atoms with E-state index in [1.54, 1.807) is 12.5 Å². The molecule has 1 heterocycles. The van der Waals surface area contributed by atoms with E-state index in [1.807, 2.05) is 30.3 Å². The normalized spacial score (nSPS) is 12.7. The molecule has 0 saturated heterocycles. The van der Waals surface area contributed by atoms with E-state index in [-0.39, 0.29) is 6.04 Å². The minimum atomic E-state index is 0.0140. The highest BCUT2D eigenvalue weighted by Crippen LogP contribution is 2.19. The molecule has 1 atom stereocenters. The maximum atomic E-state index is 6.09. The van der Waals surface area contributed by atoms with Crippen molar-refractivity contribution in [3.63, 3.8) is 0 Å². The molecular formula is C12H12BrNO. The smallest absolute Gasteiger partial charge is 0.0935 e. The molecule has 0 fully saturated rings. The number of hydrogen-bond acceptors (Lipinski definition) is 2. The number of furan rings is 1. The molecule has 0 bridgehead atoms. The molecule has 3 heteroatoms. The summed E-state index contributed by atoms with van der Waals surface area (Å²) < 4.78 is 6.07. The summed E-state index contributed by atoms with van der Waals surface area (Å²) in [6, 6.07) is 10.0. The average Bonchev–Trinajstić information content (AvgIpc) is 2.70. The van der Waals surface area contributed by atoms with E-state index in [9.17, 15) is 0 Å². The fourth-order valence-corrected chi connectivity index (χ4v) is 1.93. The zero-order chi connectivity index (χ0) is 10.7. The van der Waals surface area contributed by atoms with Crippen molar-refractivity contribution in [2.45, 2.75) is 12.5 Å². The van der Waals surface area contributed by atoms with Crippen molar-refractivity contribution in [2.75, 3.05) is 0 Å². The van der Waals surface area contributed by atoms with Crippen molar-refractivity contribution in [1.29, 1.82) is 0 Å². The van der Waals surface area contributed by atoms with E-state index in [1.165, 1.54) is 0 Å². The van der Waals surface area contributed by atoms with Gasteiger partial charge in [0.05, 0.1) is 12.5 Å². The molecule has 2 rings (SSSR count). The summed E-state index contributed by atoms with van der Waals surface area (Å²) in [6.45, 7) is 0. The first-order valence-electron chi connectivity index (χ1n) is 4.78. The first kappa shape index (κ1) is 10.5. The summed E-state index contributed by atoms with van der Waals surface area (Å²) in [7, 11) is 0. The maximum absolute atomic E-state index is 6.09. The molecule has 1 aromatic heterocycles. The predicted molar refractivity (Wildman–Crippen MR) is 63.5 cm³/mol. The average molecular weight is 266 g/mol. The number of benzene rings is 1. The van der Waals surface area contributed by atoms with Crippen molar-refractivity contribution in [2.24, 2.45) is 5.73 Å². The fourth-order valence-electron chi connectivity index (χ4n) is 1.52. The molecule has 2 N–H and O–H groups in total. The van der Waals surface area contributed by atoms with Gasteiger partial charge in [-0.1, -0.05) is 28.1 Å². The van der Waals surface area contributed by atoms with Crippen LogP contribution in [0.15, 0.2) is 51.7 Å². The van der Waals surface area contributed by atoms with Crippen molar-refractivity contribution < 1.29 is 4.42 Å². The summed E-state index contributed by atoms with van der Waals surface area (Å²) in [5, 5.41) is 0. The Bertz CT molecular complexity index is 425. The van der Waals surface area contributed by atoms with Crippen LogP contribution in [-0.4, -0.2) is 0 Å².